The molecule has 4 amide bonds. The van der Waals surface area contributed by atoms with Crippen molar-refractivity contribution in [1.29, 1.82) is 0 Å². The van der Waals surface area contributed by atoms with Gasteiger partial charge in [0.25, 0.3) is 23.6 Å². The zero-order valence-corrected chi connectivity index (χ0v) is 48.5. The van der Waals surface area contributed by atoms with E-state index in [-0.39, 0.29) is 86.9 Å². The maximum Gasteiger partial charge on any atom is 0.260 e. The number of ether oxygens (including phenoxy) is 1. The highest BCUT2D eigenvalue weighted by Crippen LogP contribution is 2.44. The van der Waals surface area contributed by atoms with Crippen molar-refractivity contribution in [2.24, 2.45) is 0 Å². The Morgan fingerprint density at radius 3 is 1.65 bits per heavy atom. The van der Waals surface area contributed by atoms with E-state index >= 15 is 0 Å². The Kier molecular flexibility index (Phi) is 17.5. The number of amides is 4. The van der Waals surface area contributed by atoms with Gasteiger partial charge in [-0.15, -0.1) is 0 Å². The van der Waals surface area contributed by atoms with Gasteiger partial charge in [-0.2, -0.15) is 9.97 Å². The van der Waals surface area contributed by atoms with Crippen LogP contribution >= 0.6 is 46.4 Å². The first kappa shape index (κ1) is 57.5. The number of carbonyl (C=O) groups excluding carboxylic acids is 4. The normalized spacial score (nSPS) is 16.2. The molecule has 0 atom stereocenters. The van der Waals surface area contributed by atoms with Crippen molar-refractivity contribution in [1.82, 2.24) is 60.3 Å². The predicted octanol–water partition coefficient (Wildman–Crippen LogP) is 7.86. The van der Waals surface area contributed by atoms with E-state index in [9.17, 15) is 19.2 Å². The summed E-state index contributed by atoms with van der Waals surface area (Å²) in [4.78, 5) is 93.3. The van der Waals surface area contributed by atoms with Gasteiger partial charge in [-0.25, -0.2) is 9.97 Å². The maximum absolute atomic E-state index is 13.9. The van der Waals surface area contributed by atoms with Gasteiger partial charge in [-0.05, 0) is 128 Å². The third-order valence-electron chi connectivity index (χ3n) is 14.7. The third kappa shape index (κ3) is 11.8. The Morgan fingerprint density at radius 2 is 1.14 bits per heavy atom. The van der Waals surface area contributed by atoms with Gasteiger partial charge in [0.15, 0.2) is 11.6 Å². The van der Waals surface area contributed by atoms with Gasteiger partial charge in [-0.3, -0.25) is 38.9 Å². The van der Waals surface area contributed by atoms with Crippen LogP contribution < -0.4 is 36.6 Å². The van der Waals surface area contributed by atoms with Crippen molar-refractivity contribution in [2.45, 2.75) is 80.3 Å². The topological polar surface area (TPSA) is 275 Å². The monoisotopic (exact) mass is 1170 g/mol. The number of H-pyrrole nitrogens is 2. The van der Waals surface area contributed by atoms with E-state index in [0.29, 0.717) is 80.1 Å². The molecule has 2 saturated heterocycles. The lowest BCUT2D eigenvalue weighted by molar-refractivity contribution is -0.113. The van der Waals surface area contributed by atoms with Crippen LogP contribution in [0.25, 0.3) is 23.3 Å². The van der Waals surface area contributed by atoms with Gasteiger partial charge in [0.05, 0.1) is 70.0 Å². The number of fused-ring (bicyclic) bond motifs is 2. The molecule has 0 radical (unpaired) electrons. The van der Waals surface area contributed by atoms with E-state index in [4.69, 9.17) is 62.6 Å². The number of carbonyl (C=O) groups is 4. The van der Waals surface area contributed by atoms with Crippen molar-refractivity contribution in [3.05, 3.63) is 117 Å². The number of likely N-dealkylation sites (tertiary alicyclic amines) is 2. The molecule has 10 heterocycles. The summed E-state index contributed by atoms with van der Waals surface area (Å²) in [6, 6.07) is 1.78. The van der Waals surface area contributed by atoms with Crippen molar-refractivity contribution >= 4 is 117 Å². The Labute approximate surface area is 482 Å². The standard InChI is InChI=1S/C28H32Cl2N8O3.C27H30Cl2N8O2/c1-14-12-33-19(16(3)22(14)41-4)13-38-25-21(24(30)35-28(31)36-25)17(27(38)40)11-18-15(2)20(23(29)34-18)26(39)32-7-10-37-8-5-6-9-37;1-14-10-18(28)20(32-12-14)13-37-24-22(23(29)34-27(30)35-24)17(26(37)39)11-19-15(2)21(16(3)33-19)25(38)31-6-9-36-7-4-5-8-36/h11-12,34H,5-10,13H2,1-4H3,(H,32,39)(H2,31,35,36);10-12,33H,4-9,13H2,1-3H3,(H,31,38)(H2,30,34,35)/b2*17-11-. The molecular formula is C55H62Cl4N16O5. The number of nitrogens with two attached hydrogens (primary N) is 2. The Hall–Kier alpha value is -7.14. The molecule has 0 aromatic carbocycles. The summed E-state index contributed by atoms with van der Waals surface area (Å²) in [5, 5.41) is 6.70. The van der Waals surface area contributed by atoms with Gasteiger partial charge in [-0.1, -0.05) is 46.4 Å². The highest BCUT2D eigenvalue weighted by atomic mass is 35.5. The number of anilines is 4. The quantitative estimate of drug-likeness (QED) is 0.0422. The van der Waals surface area contributed by atoms with Crippen molar-refractivity contribution in [3.63, 3.8) is 0 Å². The predicted molar refractivity (Wildman–Crippen MR) is 312 cm³/mol. The number of nitrogens with one attached hydrogen (secondary N) is 4. The molecular weight excluding hydrogens is 1110 g/mol. The molecule has 4 aliphatic heterocycles. The fourth-order valence-corrected chi connectivity index (χ4v) is 11.7. The minimum Gasteiger partial charge on any atom is -0.496 e. The first-order valence-electron chi connectivity index (χ1n) is 26.2. The molecule has 80 heavy (non-hydrogen) atoms. The van der Waals surface area contributed by atoms with Crippen LogP contribution in [0.4, 0.5) is 23.5 Å². The molecule has 8 N–H and O–H groups in total. The minimum absolute atomic E-state index is 0.0379. The van der Waals surface area contributed by atoms with E-state index in [1.165, 1.54) is 35.5 Å². The number of halogens is 4. The van der Waals surface area contributed by atoms with Crippen molar-refractivity contribution in [2.75, 3.05) is 80.7 Å². The van der Waals surface area contributed by atoms with Crippen LogP contribution in [0.2, 0.25) is 20.5 Å². The number of methoxy groups -OCH3 is 1. The molecule has 21 nitrogen and oxygen atoms in total. The number of nitrogens with zero attached hydrogens (tertiary/aromatic N) is 10. The number of rotatable bonds is 15. The lowest BCUT2D eigenvalue weighted by Crippen LogP contribution is -2.33. The molecule has 25 heteroatoms. The average molecular weight is 1170 g/mol. The Balaban J connectivity index is 0.000000194. The number of pyridine rings is 2. The minimum atomic E-state index is -0.371. The smallest absolute Gasteiger partial charge is 0.260 e. The Bertz CT molecular complexity index is 3510. The van der Waals surface area contributed by atoms with Gasteiger partial charge < -0.3 is 46.6 Å². The van der Waals surface area contributed by atoms with Gasteiger partial charge in [0.2, 0.25) is 11.9 Å². The molecule has 0 unspecified atom stereocenters. The van der Waals surface area contributed by atoms with Crippen LogP contribution in [0.5, 0.6) is 5.75 Å². The molecule has 6 aromatic heterocycles. The first-order valence-corrected chi connectivity index (χ1v) is 27.7. The first-order chi connectivity index (χ1) is 38.2. The number of aryl methyl sites for hydroxylation is 3. The summed E-state index contributed by atoms with van der Waals surface area (Å²) in [5.74, 6) is -0.0294. The van der Waals surface area contributed by atoms with E-state index in [1.54, 1.807) is 44.6 Å². The Morgan fingerprint density at radius 1 is 0.662 bits per heavy atom. The van der Waals surface area contributed by atoms with Crippen molar-refractivity contribution < 1.29 is 23.9 Å². The fourth-order valence-electron chi connectivity index (χ4n) is 10.6. The molecule has 2 fully saturated rings. The summed E-state index contributed by atoms with van der Waals surface area (Å²) in [6.45, 7) is 18.3. The second kappa shape index (κ2) is 24.3. The number of aromatic nitrogens is 8. The third-order valence-corrected chi connectivity index (χ3v) is 15.9. The second-order valence-corrected chi connectivity index (χ2v) is 21.7. The number of nitrogen functional groups attached to an aromatic ring is 2. The molecule has 6 aromatic rings. The number of hydrogen-bond acceptors (Lipinski definition) is 15. The molecule has 0 bridgehead atoms. The summed E-state index contributed by atoms with van der Waals surface area (Å²) in [5.41, 5.74) is 20.8. The van der Waals surface area contributed by atoms with Crippen LogP contribution in [-0.2, 0) is 22.7 Å². The van der Waals surface area contributed by atoms with E-state index in [2.05, 4.69) is 60.3 Å². The second-order valence-electron chi connectivity index (χ2n) is 20.2. The van der Waals surface area contributed by atoms with E-state index in [0.717, 1.165) is 61.5 Å². The van der Waals surface area contributed by atoms with Crippen LogP contribution in [0.1, 0.15) is 114 Å². The summed E-state index contributed by atoms with van der Waals surface area (Å²) in [6.07, 6.45) is 11.5. The van der Waals surface area contributed by atoms with Crippen LogP contribution in [0, 0.1) is 41.5 Å². The zero-order valence-electron chi connectivity index (χ0n) is 45.5. The average Bonchev–Trinajstić information content (AvgIpc) is 4.39. The maximum atomic E-state index is 13.9. The SMILES string of the molecule is COc1c(C)cnc(CN2C(=O)/C(=C\c3[nH]c(Cl)c(C(=O)NCCN4CCCC4)c3C)c3c(Cl)nc(N)nc32)c1C.Cc1cnc(CN2C(=O)/C(=C\c3[nH]c(C)c(C(=O)NCCN4CCCC4)c3C)c3c(Cl)nc(N)nc32)c(Cl)c1. The molecule has 4 aliphatic rings. The van der Waals surface area contributed by atoms with E-state index < -0.39 is 0 Å². The molecule has 10 rings (SSSR count). The summed E-state index contributed by atoms with van der Waals surface area (Å²) >= 11 is 25.9. The molecule has 0 spiro atoms. The highest BCUT2D eigenvalue weighted by Gasteiger charge is 2.40. The van der Waals surface area contributed by atoms with Crippen LogP contribution in [0.3, 0.4) is 0 Å². The molecule has 420 valence electrons. The van der Waals surface area contributed by atoms with E-state index in [1.807, 2.05) is 34.6 Å². The van der Waals surface area contributed by atoms with Crippen molar-refractivity contribution in [3.8, 4) is 5.75 Å². The lowest BCUT2D eigenvalue weighted by Gasteiger charge is -2.19. The molecule has 0 aliphatic carbocycles. The highest BCUT2D eigenvalue weighted by molar-refractivity contribution is 6.42. The van der Waals surface area contributed by atoms with Gasteiger partial charge >= 0.3 is 0 Å². The fraction of sp³-hybridized carbons (Fsp3) is 0.382. The lowest BCUT2D eigenvalue weighted by atomic mass is 10.1. The summed E-state index contributed by atoms with van der Waals surface area (Å²) in [7, 11) is 1.59. The summed E-state index contributed by atoms with van der Waals surface area (Å²) < 4.78 is 5.54. The van der Waals surface area contributed by atoms with Gasteiger partial charge in [0, 0.05) is 66.8 Å². The van der Waals surface area contributed by atoms with Crippen LogP contribution in [-0.4, -0.2) is 133 Å². The molecule has 0 saturated carbocycles. The zero-order chi connectivity index (χ0) is 57.3. The largest absolute Gasteiger partial charge is 0.496 e. The van der Waals surface area contributed by atoms with Gasteiger partial charge in [0.1, 0.15) is 21.2 Å². The number of hydrogen-bond donors (Lipinski definition) is 6. The van der Waals surface area contributed by atoms with Crippen LogP contribution in [0.15, 0.2) is 18.5 Å². The number of aromatic amines is 2.